The summed E-state index contributed by atoms with van der Waals surface area (Å²) in [5.74, 6) is -0.742. The van der Waals surface area contributed by atoms with E-state index in [-0.39, 0.29) is 17.8 Å². The molecule has 2 rings (SSSR count). The highest BCUT2D eigenvalue weighted by Crippen LogP contribution is 2.21. The van der Waals surface area contributed by atoms with Crippen molar-refractivity contribution in [2.24, 2.45) is 5.92 Å². The Kier molecular flexibility index (Phi) is 5.60. The first-order valence-corrected chi connectivity index (χ1v) is 7.81. The van der Waals surface area contributed by atoms with E-state index in [2.05, 4.69) is 15.0 Å². The summed E-state index contributed by atoms with van der Waals surface area (Å²) in [5.41, 5.74) is 1.75. The fourth-order valence-electron chi connectivity index (χ4n) is 2.68. The summed E-state index contributed by atoms with van der Waals surface area (Å²) in [7, 11) is 5.02. The third kappa shape index (κ3) is 4.01. The smallest absolute Gasteiger partial charge is 0.310 e. The summed E-state index contributed by atoms with van der Waals surface area (Å²) < 4.78 is 4.69. The van der Waals surface area contributed by atoms with Crippen molar-refractivity contribution < 1.29 is 14.3 Å². The Labute approximate surface area is 137 Å². The largest absolute Gasteiger partial charge is 0.469 e. The molecule has 1 fully saturated rings. The lowest BCUT2D eigenvalue weighted by molar-refractivity contribution is -0.145. The average molecular weight is 319 g/mol. The normalized spacial score (nSPS) is 15.7. The molecule has 1 amide bonds. The zero-order valence-corrected chi connectivity index (χ0v) is 14.2. The SMILES string of the molecule is CNC1CN(c2ccc(C(=O)N(C)CC(C)C(=O)OC)cc2)C1. The molecule has 1 aromatic carbocycles. The van der Waals surface area contributed by atoms with Crippen LogP contribution in [0.25, 0.3) is 0 Å². The minimum absolute atomic E-state index is 0.0935. The van der Waals surface area contributed by atoms with Crippen LogP contribution in [0.3, 0.4) is 0 Å². The van der Waals surface area contributed by atoms with E-state index >= 15 is 0 Å². The Balaban J connectivity index is 1.93. The molecule has 0 aliphatic carbocycles. The second-order valence-electron chi connectivity index (χ2n) is 6.05. The third-order valence-electron chi connectivity index (χ3n) is 4.27. The number of esters is 1. The number of carbonyl (C=O) groups is 2. The molecule has 1 aromatic rings. The first-order chi connectivity index (χ1) is 11.0. The number of anilines is 1. The number of amides is 1. The van der Waals surface area contributed by atoms with Gasteiger partial charge in [0.25, 0.3) is 5.91 Å². The molecule has 1 aliphatic heterocycles. The standard InChI is InChI=1S/C17H25N3O3/c1-12(17(22)23-4)9-19(3)16(21)13-5-7-15(8-6-13)20-10-14(11-20)18-2/h5-8,12,14,18H,9-11H2,1-4H3. The molecule has 1 saturated heterocycles. The maximum Gasteiger partial charge on any atom is 0.310 e. The number of rotatable bonds is 6. The summed E-state index contributed by atoms with van der Waals surface area (Å²) in [6.45, 7) is 4.06. The molecule has 1 atom stereocenters. The van der Waals surface area contributed by atoms with E-state index in [4.69, 9.17) is 0 Å². The quantitative estimate of drug-likeness (QED) is 0.792. The van der Waals surface area contributed by atoms with Gasteiger partial charge in [-0.2, -0.15) is 0 Å². The number of hydrogen-bond donors (Lipinski definition) is 1. The van der Waals surface area contributed by atoms with E-state index in [0.717, 1.165) is 18.8 Å². The van der Waals surface area contributed by atoms with Crippen molar-refractivity contribution in [2.45, 2.75) is 13.0 Å². The molecule has 0 radical (unpaired) electrons. The van der Waals surface area contributed by atoms with Gasteiger partial charge in [-0.05, 0) is 31.3 Å². The Morgan fingerprint density at radius 3 is 2.48 bits per heavy atom. The van der Waals surface area contributed by atoms with E-state index in [0.29, 0.717) is 18.2 Å². The number of methoxy groups -OCH3 is 1. The lowest BCUT2D eigenvalue weighted by Gasteiger charge is -2.40. The van der Waals surface area contributed by atoms with Gasteiger partial charge in [-0.25, -0.2) is 0 Å². The molecule has 0 bridgehead atoms. The molecule has 23 heavy (non-hydrogen) atoms. The van der Waals surface area contributed by atoms with Crippen molar-refractivity contribution in [2.75, 3.05) is 45.7 Å². The van der Waals surface area contributed by atoms with E-state index in [1.165, 1.54) is 7.11 Å². The molecular weight excluding hydrogens is 294 g/mol. The second kappa shape index (κ2) is 7.46. The van der Waals surface area contributed by atoms with Gasteiger partial charge in [0.05, 0.1) is 13.0 Å². The van der Waals surface area contributed by atoms with Crippen LogP contribution in [-0.2, 0) is 9.53 Å². The van der Waals surface area contributed by atoms with Gasteiger partial charge in [-0.3, -0.25) is 9.59 Å². The van der Waals surface area contributed by atoms with Gasteiger partial charge in [-0.15, -0.1) is 0 Å². The number of likely N-dealkylation sites (N-methyl/N-ethyl adjacent to an activating group) is 1. The topological polar surface area (TPSA) is 61.9 Å². The lowest BCUT2D eigenvalue weighted by atomic mass is 10.1. The molecular formula is C17H25N3O3. The van der Waals surface area contributed by atoms with E-state index in [1.54, 1.807) is 18.9 Å². The van der Waals surface area contributed by atoms with Crippen molar-refractivity contribution in [1.29, 1.82) is 0 Å². The van der Waals surface area contributed by atoms with Crippen molar-refractivity contribution in [3.8, 4) is 0 Å². The predicted octanol–water partition coefficient (Wildman–Crippen LogP) is 0.976. The molecule has 1 N–H and O–H groups in total. The van der Waals surface area contributed by atoms with E-state index in [9.17, 15) is 9.59 Å². The van der Waals surface area contributed by atoms with Crippen LogP contribution in [0.1, 0.15) is 17.3 Å². The maximum absolute atomic E-state index is 12.4. The molecule has 6 heteroatoms. The highest BCUT2D eigenvalue weighted by atomic mass is 16.5. The Morgan fingerprint density at radius 1 is 1.35 bits per heavy atom. The van der Waals surface area contributed by atoms with Crippen LogP contribution < -0.4 is 10.2 Å². The van der Waals surface area contributed by atoms with Crippen molar-refractivity contribution in [1.82, 2.24) is 10.2 Å². The summed E-state index contributed by atoms with van der Waals surface area (Å²) in [4.78, 5) is 27.7. The van der Waals surface area contributed by atoms with Crippen LogP contribution in [0.2, 0.25) is 0 Å². The number of benzene rings is 1. The van der Waals surface area contributed by atoms with Crippen LogP contribution in [0.4, 0.5) is 5.69 Å². The van der Waals surface area contributed by atoms with Crippen LogP contribution in [0.5, 0.6) is 0 Å². The van der Waals surface area contributed by atoms with Gasteiger partial charge in [0.15, 0.2) is 0 Å². The lowest BCUT2D eigenvalue weighted by Crippen LogP contribution is -2.57. The number of nitrogens with one attached hydrogen (secondary N) is 1. The van der Waals surface area contributed by atoms with Crippen LogP contribution in [0, 0.1) is 5.92 Å². The average Bonchev–Trinajstić information content (AvgIpc) is 2.52. The van der Waals surface area contributed by atoms with Gasteiger partial charge < -0.3 is 19.9 Å². The fourth-order valence-corrected chi connectivity index (χ4v) is 2.68. The monoisotopic (exact) mass is 319 g/mol. The summed E-state index contributed by atoms with van der Waals surface area (Å²) >= 11 is 0. The molecule has 1 unspecified atom stereocenters. The maximum atomic E-state index is 12.4. The highest BCUT2D eigenvalue weighted by Gasteiger charge is 2.25. The minimum atomic E-state index is -0.340. The number of ether oxygens (including phenoxy) is 1. The third-order valence-corrected chi connectivity index (χ3v) is 4.27. The second-order valence-corrected chi connectivity index (χ2v) is 6.05. The highest BCUT2D eigenvalue weighted by molar-refractivity contribution is 5.94. The van der Waals surface area contributed by atoms with Gasteiger partial charge in [0, 0.05) is 44.0 Å². The molecule has 6 nitrogen and oxygen atoms in total. The van der Waals surface area contributed by atoms with E-state index in [1.807, 2.05) is 31.3 Å². The zero-order chi connectivity index (χ0) is 17.0. The van der Waals surface area contributed by atoms with Crippen LogP contribution in [-0.4, -0.2) is 63.7 Å². The van der Waals surface area contributed by atoms with Crippen molar-refractivity contribution in [3.63, 3.8) is 0 Å². The zero-order valence-electron chi connectivity index (χ0n) is 14.2. The molecule has 1 heterocycles. The summed E-state index contributed by atoms with van der Waals surface area (Å²) in [6.07, 6.45) is 0. The summed E-state index contributed by atoms with van der Waals surface area (Å²) in [6, 6.07) is 8.16. The van der Waals surface area contributed by atoms with Gasteiger partial charge >= 0.3 is 5.97 Å². The van der Waals surface area contributed by atoms with Gasteiger partial charge in [0.1, 0.15) is 0 Å². The van der Waals surface area contributed by atoms with Crippen LogP contribution >= 0.6 is 0 Å². The molecule has 126 valence electrons. The Hall–Kier alpha value is -2.08. The number of carbonyl (C=O) groups excluding carboxylic acids is 2. The van der Waals surface area contributed by atoms with Crippen molar-refractivity contribution in [3.05, 3.63) is 29.8 Å². The number of nitrogens with zero attached hydrogens (tertiary/aromatic N) is 2. The number of hydrogen-bond acceptors (Lipinski definition) is 5. The van der Waals surface area contributed by atoms with Crippen molar-refractivity contribution >= 4 is 17.6 Å². The fraction of sp³-hybridized carbons (Fsp3) is 0.529. The van der Waals surface area contributed by atoms with Gasteiger partial charge in [0.2, 0.25) is 0 Å². The minimum Gasteiger partial charge on any atom is -0.469 e. The Morgan fingerprint density at radius 2 is 1.96 bits per heavy atom. The molecule has 0 saturated carbocycles. The predicted molar refractivity (Wildman–Crippen MR) is 89.6 cm³/mol. The molecule has 0 aromatic heterocycles. The van der Waals surface area contributed by atoms with Gasteiger partial charge in [-0.1, -0.05) is 6.92 Å². The first-order valence-electron chi connectivity index (χ1n) is 7.81. The molecule has 0 spiro atoms. The van der Waals surface area contributed by atoms with Crippen LogP contribution in [0.15, 0.2) is 24.3 Å². The first kappa shape index (κ1) is 17.3. The van der Waals surface area contributed by atoms with E-state index < -0.39 is 0 Å². The molecule has 1 aliphatic rings. The summed E-state index contributed by atoms with van der Waals surface area (Å²) in [5, 5.41) is 3.24. The Bertz CT molecular complexity index is 553.